The van der Waals surface area contributed by atoms with Gasteiger partial charge in [-0.1, -0.05) is 23.8 Å². The third-order valence-corrected chi connectivity index (χ3v) is 2.84. The summed E-state index contributed by atoms with van der Waals surface area (Å²) in [4.78, 5) is 4.25. The zero-order valence-corrected chi connectivity index (χ0v) is 11.0. The summed E-state index contributed by atoms with van der Waals surface area (Å²) >= 11 is 0. The minimum Gasteiger partial charge on any atom is -0.488 e. The van der Waals surface area contributed by atoms with Crippen molar-refractivity contribution in [2.75, 3.05) is 12.4 Å². The van der Waals surface area contributed by atoms with Crippen molar-refractivity contribution in [3.05, 3.63) is 53.2 Å². The summed E-state index contributed by atoms with van der Waals surface area (Å²) in [6.07, 6.45) is 1.77. The zero-order valence-electron chi connectivity index (χ0n) is 11.0. The van der Waals surface area contributed by atoms with E-state index in [2.05, 4.69) is 36.3 Å². The third kappa shape index (κ3) is 2.80. The molecule has 2 aromatic rings. The van der Waals surface area contributed by atoms with Gasteiger partial charge in [0.2, 0.25) is 0 Å². The molecule has 0 aliphatic heterocycles. The maximum Gasteiger partial charge on any atom is 0.132 e. The van der Waals surface area contributed by atoms with Crippen LogP contribution in [0, 0.1) is 13.8 Å². The highest BCUT2D eigenvalue weighted by atomic mass is 16.5. The highest BCUT2D eigenvalue weighted by Gasteiger charge is 2.04. The lowest BCUT2D eigenvalue weighted by molar-refractivity contribution is 0.304. The summed E-state index contributed by atoms with van der Waals surface area (Å²) in [5.74, 6) is 1.79. The van der Waals surface area contributed by atoms with Crippen molar-refractivity contribution in [1.82, 2.24) is 4.98 Å². The molecule has 0 saturated carbocycles. The Hall–Kier alpha value is -2.03. The predicted molar refractivity (Wildman–Crippen MR) is 74.0 cm³/mol. The van der Waals surface area contributed by atoms with Crippen LogP contribution in [0.3, 0.4) is 0 Å². The van der Waals surface area contributed by atoms with Crippen molar-refractivity contribution >= 4 is 5.82 Å². The number of nitrogens with one attached hydrogen (secondary N) is 1. The summed E-state index contributed by atoms with van der Waals surface area (Å²) in [6.45, 7) is 4.66. The second kappa shape index (κ2) is 5.54. The van der Waals surface area contributed by atoms with E-state index in [9.17, 15) is 0 Å². The molecule has 0 unspecified atom stereocenters. The van der Waals surface area contributed by atoms with E-state index >= 15 is 0 Å². The van der Waals surface area contributed by atoms with Crippen LogP contribution >= 0.6 is 0 Å². The lowest BCUT2D eigenvalue weighted by Crippen LogP contribution is -2.03. The van der Waals surface area contributed by atoms with Gasteiger partial charge < -0.3 is 10.1 Å². The second-order valence-corrected chi connectivity index (χ2v) is 4.32. The van der Waals surface area contributed by atoms with Gasteiger partial charge in [-0.2, -0.15) is 0 Å². The van der Waals surface area contributed by atoms with Gasteiger partial charge in [-0.25, -0.2) is 4.98 Å². The number of benzene rings is 1. The van der Waals surface area contributed by atoms with E-state index in [1.807, 2.05) is 25.2 Å². The Morgan fingerprint density at radius 1 is 1.22 bits per heavy atom. The van der Waals surface area contributed by atoms with Crippen LogP contribution in [0.15, 0.2) is 36.5 Å². The average molecular weight is 242 g/mol. The van der Waals surface area contributed by atoms with E-state index in [1.54, 1.807) is 6.20 Å². The summed E-state index contributed by atoms with van der Waals surface area (Å²) in [7, 11) is 1.86. The Morgan fingerprint density at radius 3 is 2.78 bits per heavy atom. The molecule has 0 fully saturated rings. The number of aromatic nitrogens is 1. The van der Waals surface area contributed by atoms with Gasteiger partial charge in [0, 0.05) is 18.8 Å². The smallest absolute Gasteiger partial charge is 0.132 e. The molecule has 0 amide bonds. The minimum absolute atomic E-state index is 0.522. The largest absolute Gasteiger partial charge is 0.488 e. The Morgan fingerprint density at radius 2 is 2.06 bits per heavy atom. The quantitative estimate of drug-likeness (QED) is 0.893. The first-order valence-corrected chi connectivity index (χ1v) is 6.02. The molecule has 1 aromatic carbocycles. The van der Waals surface area contributed by atoms with Crippen molar-refractivity contribution in [3.8, 4) is 5.75 Å². The van der Waals surface area contributed by atoms with Crippen molar-refractivity contribution < 1.29 is 4.74 Å². The summed E-state index contributed by atoms with van der Waals surface area (Å²) in [6, 6.07) is 10.1. The molecule has 3 nitrogen and oxygen atoms in total. The van der Waals surface area contributed by atoms with E-state index in [1.165, 1.54) is 5.56 Å². The van der Waals surface area contributed by atoms with Crippen LogP contribution in [0.2, 0.25) is 0 Å². The average Bonchev–Trinajstić information content (AvgIpc) is 2.38. The number of pyridine rings is 1. The predicted octanol–water partition coefficient (Wildman–Crippen LogP) is 3.32. The van der Waals surface area contributed by atoms with Crippen LogP contribution < -0.4 is 10.1 Å². The van der Waals surface area contributed by atoms with Gasteiger partial charge in [-0.05, 0) is 31.5 Å². The minimum atomic E-state index is 0.522. The number of aryl methyl sites for hydroxylation is 2. The van der Waals surface area contributed by atoms with Crippen molar-refractivity contribution in [3.63, 3.8) is 0 Å². The summed E-state index contributed by atoms with van der Waals surface area (Å²) in [5, 5.41) is 3.06. The third-order valence-electron chi connectivity index (χ3n) is 2.84. The fraction of sp³-hybridized carbons (Fsp3) is 0.267. The van der Waals surface area contributed by atoms with Crippen molar-refractivity contribution in [1.29, 1.82) is 0 Å². The first-order valence-electron chi connectivity index (χ1n) is 6.02. The molecule has 3 heteroatoms. The fourth-order valence-electron chi connectivity index (χ4n) is 1.90. The van der Waals surface area contributed by atoms with Crippen molar-refractivity contribution in [2.45, 2.75) is 20.5 Å². The molecule has 2 rings (SSSR count). The standard InChI is InChI=1S/C15H18N2O/c1-11-6-7-14(12(2)9-11)18-10-13-5-4-8-17-15(13)16-3/h4-9H,10H2,1-3H3,(H,16,17). The molecule has 94 valence electrons. The Labute approximate surface area is 108 Å². The van der Waals surface area contributed by atoms with Crippen LogP contribution in [-0.2, 0) is 6.61 Å². The van der Waals surface area contributed by atoms with Gasteiger partial charge >= 0.3 is 0 Å². The van der Waals surface area contributed by atoms with Crippen LogP contribution in [0.1, 0.15) is 16.7 Å². The molecule has 1 heterocycles. The molecule has 0 atom stereocenters. The number of ether oxygens (including phenoxy) is 1. The molecule has 0 bridgehead atoms. The first-order chi connectivity index (χ1) is 8.70. The van der Waals surface area contributed by atoms with Crippen LogP contribution in [0.4, 0.5) is 5.82 Å². The number of anilines is 1. The molecular weight excluding hydrogens is 224 g/mol. The molecule has 1 aromatic heterocycles. The second-order valence-electron chi connectivity index (χ2n) is 4.32. The number of nitrogens with zero attached hydrogens (tertiary/aromatic N) is 1. The lowest BCUT2D eigenvalue weighted by atomic mass is 10.1. The summed E-state index contributed by atoms with van der Waals surface area (Å²) in [5.41, 5.74) is 3.46. The maximum atomic E-state index is 5.84. The molecule has 18 heavy (non-hydrogen) atoms. The topological polar surface area (TPSA) is 34.2 Å². The van der Waals surface area contributed by atoms with Gasteiger partial charge in [-0.3, -0.25) is 0 Å². The van der Waals surface area contributed by atoms with E-state index in [0.29, 0.717) is 6.61 Å². The number of hydrogen-bond acceptors (Lipinski definition) is 3. The lowest BCUT2D eigenvalue weighted by Gasteiger charge is -2.11. The van der Waals surface area contributed by atoms with Gasteiger partial charge in [-0.15, -0.1) is 0 Å². The zero-order chi connectivity index (χ0) is 13.0. The molecule has 0 saturated heterocycles. The van der Waals surface area contributed by atoms with Gasteiger partial charge in [0.05, 0.1) is 0 Å². The number of hydrogen-bond donors (Lipinski definition) is 1. The first kappa shape index (κ1) is 12.4. The Kier molecular flexibility index (Phi) is 3.82. The monoisotopic (exact) mass is 242 g/mol. The maximum absolute atomic E-state index is 5.84. The van der Waals surface area contributed by atoms with Crippen LogP contribution in [0.5, 0.6) is 5.75 Å². The SMILES string of the molecule is CNc1ncccc1COc1ccc(C)cc1C. The Balaban J connectivity index is 2.11. The number of rotatable bonds is 4. The van der Waals surface area contributed by atoms with E-state index in [-0.39, 0.29) is 0 Å². The van der Waals surface area contributed by atoms with E-state index in [4.69, 9.17) is 4.74 Å². The highest BCUT2D eigenvalue weighted by Crippen LogP contribution is 2.21. The van der Waals surface area contributed by atoms with E-state index < -0.39 is 0 Å². The highest BCUT2D eigenvalue weighted by molar-refractivity contribution is 5.43. The van der Waals surface area contributed by atoms with Crippen LogP contribution in [0.25, 0.3) is 0 Å². The fourth-order valence-corrected chi connectivity index (χ4v) is 1.90. The van der Waals surface area contributed by atoms with Gasteiger partial charge in [0.25, 0.3) is 0 Å². The molecule has 0 aliphatic rings. The summed E-state index contributed by atoms with van der Waals surface area (Å²) < 4.78 is 5.84. The normalized spacial score (nSPS) is 10.2. The molecule has 0 radical (unpaired) electrons. The van der Waals surface area contributed by atoms with Gasteiger partial charge in [0.15, 0.2) is 0 Å². The van der Waals surface area contributed by atoms with Crippen molar-refractivity contribution in [2.24, 2.45) is 0 Å². The van der Waals surface area contributed by atoms with Crippen LogP contribution in [-0.4, -0.2) is 12.0 Å². The van der Waals surface area contributed by atoms with E-state index in [0.717, 1.165) is 22.7 Å². The Bertz CT molecular complexity index is 538. The van der Waals surface area contributed by atoms with Gasteiger partial charge in [0.1, 0.15) is 18.2 Å². The molecule has 0 spiro atoms. The molecular formula is C15H18N2O. The molecule has 1 N–H and O–H groups in total. The molecule has 0 aliphatic carbocycles.